The molecule has 0 heterocycles. The van der Waals surface area contributed by atoms with Gasteiger partial charge in [0.2, 0.25) is 0 Å². The molecule has 1 atom stereocenters. The van der Waals surface area contributed by atoms with Gasteiger partial charge in [0, 0.05) is 6.04 Å². The van der Waals surface area contributed by atoms with E-state index in [1.165, 1.54) is 12.1 Å². The number of benzene rings is 2. The van der Waals surface area contributed by atoms with Crippen molar-refractivity contribution < 1.29 is 8.78 Å². The minimum absolute atomic E-state index is 0.0733. The Kier molecular flexibility index (Phi) is 5.06. The van der Waals surface area contributed by atoms with Crippen molar-refractivity contribution in [3.8, 4) is 0 Å². The molecule has 2 nitrogen and oxygen atoms in total. The van der Waals surface area contributed by atoms with E-state index in [1.807, 2.05) is 0 Å². The van der Waals surface area contributed by atoms with E-state index in [-0.39, 0.29) is 16.9 Å². The molecule has 0 spiro atoms. The third kappa shape index (κ3) is 3.54. The molecule has 0 radical (unpaired) electrons. The summed E-state index contributed by atoms with van der Waals surface area (Å²) in [5.74, 6) is 4.73. The zero-order valence-corrected chi connectivity index (χ0v) is 11.5. The average molecular weight is 297 g/mol. The number of halogens is 3. The quantitative estimate of drug-likeness (QED) is 0.657. The van der Waals surface area contributed by atoms with Crippen molar-refractivity contribution in [2.75, 3.05) is 0 Å². The van der Waals surface area contributed by atoms with Crippen LogP contribution in [0.15, 0.2) is 42.5 Å². The molecule has 1 unspecified atom stereocenters. The molecule has 106 valence electrons. The number of hydrogen-bond acceptors (Lipinski definition) is 2. The summed E-state index contributed by atoms with van der Waals surface area (Å²) in [4.78, 5) is 0. The molecular formula is C15H15ClF2N2. The van der Waals surface area contributed by atoms with Gasteiger partial charge in [0.25, 0.3) is 0 Å². The molecule has 0 aliphatic carbocycles. The highest BCUT2D eigenvalue weighted by Crippen LogP contribution is 2.20. The second-order valence-corrected chi connectivity index (χ2v) is 4.98. The maximum Gasteiger partial charge on any atom is 0.145 e. The minimum Gasteiger partial charge on any atom is -0.271 e. The number of nitrogens with one attached hydrogen (secondary N) is 1. The largest absolute Gasteiger partial charge is 0.271 e. The molecule has 0 aromatic heterocycles. The van der Waals surface area contributed by atoms with Crippen LogP contribution in [0.1, 0.15) is 11.1 Å². The van der Waals surface area contributed by atoms with Crippen LogP contribution in [0.4, 0.5) is 8.78 Å². The summed E-state index contributed by atoms with van der Waals surface area (Å²) in [6.45, 7) is 0. The van der Waals surface area contributed by atoms with Crippen LogP contribution in [0.2, 0.25) is 5.02 Å². The number of nitrogens with two attached hydrogens (primary N) is 1. The van der Waals surface area contributed by atoms with Crippen molar-refractivity contribution in [2.24, 2.45) is 5.84 Å². The monoisotopic (exact) mass is 296 g/mol. The highest BCUT2D eigenvalue weighted by Gasteiger charge is 2.15. The smallest absolute Gasteiger partial charge is 0.145 e. The molecule has 0 saturated heterocycles. The van der Waals surface area contributed by atoms with Gasteiger partial charge in [-0.25, -0.2) is 8.78 Å². The third-order valence-corrected chi connectivity index (χ3v) is 3.45. The Balaban J connectivity index is 2.14. The lowest BCUT2D eigenvalue weighted by molar-refractivity contribution is 0.494. The van der Waals surface area contributed by atoms with E-state index in [9.17, 15) is 8.78 Å². The van der Waals surface area contributed by atoms with Gasteiger partial charge >= 0.3 is 0 Å². The van der Waals surface area contributed by atoms with E-state index >= 15 is 0 Å². The zero-order valence-electron chi connectivity index (χ0n) is 10.7. The van der Waals surface area contributed by atoms with Gasteiger partial charge in [-0.05, 0) is 36.1 Å². The topological polar surface area (TPSA) is 38.0 Å². The van der Waals surface area contributed by atoms with Gasteiger partial charge in [-0.2, -0.15) is 0 Å². The number of hydrogen-bond donors (Lipinski definition) is 2. The van der Waals surface area contributed by atoms with Crippen LogP contribution in [0.3, 0.4) is 0 Å². The molecule has 5 heteroatoms. The standard InChI is InChI=1S/C15H15ClF2N2/c16-13-6-3-5-11(15(13)18)9-12(20-19)8-10-4-1-2-7-14(10)17/h1-7,12,20H,8-9,19H2. The van der Waals surface area contributed by atoms with Crippen molar-refractivity contribution in [3.05, 3.63) is 70.2 Å². The van der Waals surface area contributed by atoms with Crippen molar-refractivity contribution >= 4 is 11.6 Å². The molecule has 0 fully saturated rings. The van der Waals surface area contributed by atoms with Crippen LogP contribution in [-0.4, -0.2) is 6.04 Å². The lowest BCUT2D eigenvalue weighted by atomic mass is 9.99. The van der Waals surface area contributed by atoms with Gasteiger partial charge in [0.05, 0.1) is 5.02 Å². The van der Waals surface area contributed by atoms with E-state index in [0.717, 1.165) is 0 Å². The maximum absolute atomic E-state index is 13.8. The van der Waals surface area contributed by atoms with E-state index in [4.69, 9.17) is 17.4 Å². The number of rotatable bonds is 5. The Hall–Kier alpha value is -1.49. The fourth-order valence-electron chi connectivity index (χ4n) is 2.09. The highest BCUT2D eigenvalue weighted by molar-refractivity contribution is 6.30. The molecule has 2 rings (SSSR count). The first-order valence-corrected chi connectivity index (χ1v) is 6.62. The van der Waals surface area contributed by atoms with Crippen LogP contribution in [0.5, 0.6) is 0 Å². The molecule has 0 amide bonds. The summed E-state index contributed by atoms with van der Waals surface area (Å²) in [5.41, 5.74) is 3.59. The Bertz CT molecular complexity index is 590. The van der Waals surface area contributed by atoms with Crippen molar-refractivity contribution in [1.82, 2.24) is 5.43 Å². The molecule has 0 aliphatic heterocycles. The molecule has 3 N–H and O–H groups in total. The van der Waals surface area contributed by atoms with Gasteiger partial charge < -0.3 is 0 Å². The van der Waals surface area contributed by atoms with Crippen LogP contribution in [0, 0.1) is 11.6 Å². The van der Waals surface area contributed by atoms with E-state index in [2.05, 4.69) is 5.43 Å². The fourth-order valence-corrected chi connectivity index (χ4v) is 2.29. The zero-order chi connectivity index (χ0) is 14.5. The first-order valence-electron chi connectivity index (χ1n) is 6.24. The van der Waals surface area contributed by atoms with Gasteiger partial charge in [0.15, 0.2) is 0 Å². The van der Waals surface area contributed by atoms with Gasteiger partial charge in [-0.1, -0.05) is 41.9 Å². The first-order chi connectivity index (χ1) is 9.61. The molecule has 20 heavy (non-hydrogen) atoms. The second kappa shape index (κ2) is 6.79. The summed E-state index contributed by atoms with van der Waals surface area (Å²) in [6, 6.07) is 11.0. The predicted octanol–water partition coefficient (Wildman–Crippen LogP) is 3.24. The minimum atomic E-state index is -0.456. The first kappa shape index (κ1) is 14.9. The van der Waals surface area contributed by atoms with E-state index < -0.39 is 5.82 Å². The average Bonchev–Trinajstić information content (AvgIpc) is 2.45. The fraction of sp³-hybridized carbons (Fsp3) is 0.200. The molecule has 0 saturated carbocycles. The van der Waals surface area contributed by atoms with E-state index in [0.29, 0.717) is 24.0 Å². The van der Waals surface area contributed by atoms with Crippen LogP contribution in [0.25, 0.3) is 0 Å². The summed E-state index contributed by atoms with van der Waals surface area (Å²) < 4.78 is 27.4. The summed E-state index contributed by atoms with van der Waals surface area (Å²) in [6.07, 6.45) is 0.701. The van der Waals surface area contributed by atoms with Crippen LogP contribution >= 0.6 is 11.6 Å². The lowest BCUT2D eigenvalue weighted by Crippen LogP contribution is -2.38. The molecule has 2 aromatic carbocycles. The summed E-state index contributed by atoms with van der Waals surface area (Å²) in [5, 5.41) is 0.0733. The van der Waals surface area contributed by atoms with Gasteiger partial charge in [-0.15, -0.1) is 0 Å². The molecule has 2 aromatic rings. The maximum atomic E-state index is 13.8. The van der Waals surface area contributed by atoms with Crippen LogP contribution in [-0.2, 0) is 12.8 Å². The highest BCUT2D eigenvalue weighted by atomic mass is 35.5. The molecular weight excluding hydrogens is 282 g/mol. The molecule has 0 aliphatic rings. The third-order valence-electron chi connectivity index (χ3n) is 3.16. The SMILES string of the molecule is NNC(Cc1ccccc1F)Cc1cccc(Cl)c1F. The lowest BCUT2D eigenvalue weighted by Gasteiger charge is -2.17. The van der Waals surface area contributed by atoms with Crippen molar-refractivity contribution in [2.45, 2.75) is 18.9 Å². The van der Waals surface area contributed by atoms with Crippen LogP contribution < -0.4 is 11.3 Å². The predicted molar refractivity (Wildman–Crippen MR) is 76.3 cm³/mol. The number of hydrazine groups is 1. The Morgan fingerprint density at radius 1 is 1.00 bits per heavy atom. The van der Waals surface area contributed by atoms with Gasteiger partial charge in [0.1, 0.15) is 11.6 Å². The Morgan fingerprint density at radius 2 is 1.65 bits per heavy atom. The summed E-state index contributed by atoms with van der Waals surface area (Å²) in [7, 11) is 0. The Morgan fingerprint density at radius 3 is 2.35 bits per heavy atom. The van der Waals surface area contributed by atoms with Crippen molar-refractivity contribution in [3.63, 3.8) is 0 Å². The van der Waals surface area contributed by atoms with Gasteiger partial charge in [-0.3, -0.25) is 11.3 Å². The van der Waals surface area contributed by atoms with E-state index in [1.54, 1.807) is 30.3 Å². The normalized spacial score (nSPS) is 12.4. The summed E-state index contributed by atoms with van der Waals surface area (Å²) >= 11 is 5.74. The second-order valence-electron chi connectivity index (χ2n) is 4.58. The van der Waals surface area contributed by atoms with Crippen molar-refractivity contribution in [1.29, 1.82) is 0 Å². The Labute approximate surface area is 121 Å². The molecule has 0 bridgehead atoms.